The van der Waals surface area contributed by atoms with Gasteiger partial charge in [-0.05, 0) is 105 Å². The van der Waals surface area contributed by atoms with Crippen molar-refractivity contribution in [1.82, 2.24) is 5.06 Å². The van der Waals surface area contributed by atoms with Gasteiger partial charge in [-0.1, -0.05) is 50.1 Å². The Bertz CT molecular complexity index is 1320. The lowest BCUT2D eigenvalue weighted by Crippen LogP contribution is -2.52. The molecule has 7 rings (SSSR count). The lowest BCUT2D eigenvalue weighted by Gasteiger charge is -2.52. The maximum atomic E-state index is 13.1. The summed E-state index contributed by atoms with van der Waals surface area (Å²) in [7, 11) is 0. The highest BCUT2D eigenvalue weighted by Gasteiger charge is 2.61. The normalized spacial score (nSPS) is 44.4. The molecule has 2 heterocycles. The Hall–Kier alpha value is -2.44. The van der Waals surface area contributed by atoms with Crippen LogP contribution >= 0.6 is 0 Å². The number of hydroxylamine groups is 2. The summed E-state index contributed by atoms with van der Waals surface area (Å²) >= 11 is 0. The van der Waals surface area contributed by atoms with Gasteiger partial charge in [-0.15, -0.1) is 5.06 Å². The van der Waals surface area contributed by atoms with Gasteiger partial charge in [0.25, 0.3) is 0 Å². The van der Waals surface area contributed by atoms with Crippen LogP contribution in [0.2, 0.25) is 0 Å². The number of fused-ring (bicyclic) bond motifs is 6. The molecule has 0 radical (unpaired) electrons. The minimum absolute atomic E-state index is 0.0635. The standard InChI is InChI=1S/C36H47NO5/c1-21-14-32-33(37(19-21)42-34(40)24-8-6-5-7-9-24)23(3)36(41-32)13-12-27-28-11-10-26-15-31(39)25(20-38)18-35(26,4)30(28)16-29(27)22(2)17-36/h5-9,20-21,23,26-28,30,32-33,38H,10-19H2,1-4H3/b25-20-/t21-,23+,26?,27-,28-,30-,32+,33-,35?,36-/m0/s1. The number of aliphatic hydroxyl groups is 1. The molecule has 1 N–H and O–H groups in total. The van der Waals surface area contributed by atoms with Gasteiger partial charge in [0.1, 0.15) is 0 Å². The topological polar surface area (TPSA) is 76.1 Å². The number of nitrogens with zero attached hydrogens (tertiary/aromatic N) is 1. The van der Waals surface area contributed by atoms with Gasteiger partial charge in [-0.3, -0.25) is 4.79 Å². The van der Waals surface area contributed by atoms with Crippen LogP contribution < -0.4 is 0 Å². The summed E-state index contributed by atoms with van der Waals surface area (Å²) < 4.78 is 7.15. The van der Waals surface area contributed by atoms with Crippen LogP contribution in [0.4, 0.5) is 0 Å². The Morgan fingerprint density at radius 1 is 1.12 bits per heavy atom. The highest BCUT2D eigenvalue weighted by Crippen LogP contribution is 2.65. The number of ketones is 1. The number of Topliss-reactive ketones (excluding diaryl/α,β-unsaturated/α-hetero) is 1. The van der Waals surface area contributed by atoms with Gasteiger partial charge in [0.15, 0.2) is 5.78 Å². The average molecular weight is 574 g/mol. The Morgan fingerprint density at radius 2 is 1.90 bits per heavy atom. The number of carbonyl (C=O) groups is 2. The Morgan fingerprint density at radius 3 is 2.67 bits per heavy atom. The van der Waals surface area contributed by atoms with E-state index in [1.54, 1.807) is 5.57 Å². The summed E-state index contributed by atoms with van der Waals surface area (Å²) in [5.41, 5.74) is 4.21. The quantitative estimate of drug-likeness (QED) is 0.229. The molecule has 226 valence electrons. The fourth-order valence-corrected chi connectivity index (χ4v) is 10.7. The SMILES string of the molecule is CC1=C2C[C@H]3[C@@H](CCC4CC(=O)/C(=C\O)CC43C)[C@@H]2CC[C@@]2(C1)O[C@@H]1C[C@H](C)CN(OC(=O)c3ccccc3)[C@H]1[C@H]2C. The summed E-state index contributed by atoms with van der Waals surface area (Å²) in [6.07, 6.45) is 10.0. The van der Waals surface area contributed by atoms with E-state index in [4.69, 9.17) is 9.57 Å². The first kappa shape index (κ1) is 28.3. The maximum absolute atomic E-state index is 13.1. The van der Waals surface area contributed by atoms with Crippen LogP contribution in [0.5, 0.6) is 0 Å². The fourth-order valence-electron chi connectivity index (χ4n) is 10.7. The average Bonchev–Trinajstić information content (AvgIpc) is 3.43. The van der Waals surface area contributed by atoms with Crippen molar-refractivity contribution in [3.05, 3.63) is 58.9 Å². The smallest absolute Gasteiger partial charge is 0.357 e. The summed E-state index contributed by atoms with van der Waals surface area (Å²) in [4.78, 5) is 31.8. The van der Waals surface area contributed by atoms with Crippen LogP contribution in [0, 0.1) is 40.9 Å². The van der Waals surface area contributed by atoms with E-state index in [0.29, 0.717) is 47.1 Å². The van der Waals surface area contributed by atoms with E-state index in [1.807, 2.05) is 35.4 Å². The Kier molecular flexibility index (Phi) is 6.97. The van der Waals surface area contributed by atoms with E-state index < -0.39 is 0 Å². The zero-order chi connectivity index (χ0) is 29.4. The lowest BCUT2D eigenvalue weighted by atomic mass is 9.51. The third-order valence-electron chi connectivity index (χ3n) is 12.8. The Labute approximate surface area is 250 Å². The molecular formula is C36H47NO5. The largest absolute Gasteiger partial charge is 0.515 e. The van der Waals surface area contributed by atoms with E-state index in [2.05, 4.69) is 27.7 Å². The molecule has 0 amide bonds. The van der Waals surface area contributed by atoms with Crippen molar-refractivity contribution in [3.8, 4) is 0 Å². The fraction of sp³-hybridized carbons (Fsp3) is 0.667. The number of ether oxygens (including phenoxy) is 1. The second-order valence-electron chi connectivity index (χ2n) is 15.0. The molecule has 10 atom stereocenters. The predicted molar refractivity (Wildman–Crippen MR) is 160 cm³/mol. The van der Waals surface area contributed by atoms with Crippen molar-refractivity contribution in [2.75, 3.05) is 6.54 Å². The highest BCUT2D eigenvalue weighted by molar-refractivity contribution is 5.96. The molecule has 6 nitrogen and oxygen atoms in total. The van der Waals surface area contributed by atoms with Crippen molar-refractivity contribution in [1.29, 1.82) is 0 Å². The summed E-state index contributed by atoms with van der Waals surface area (Å²) in [6.45, 7) is 10.1. The first-order chi connectivity index (χ1) is 20.1. The van der Waals surface area contributed by atoms with Crippen molar-refractivity contribution in [3.63, 3.8) is 0 Å². The number of hydrogen-bond acceptors (Lipinski definition) is 6. The molecule has 0 aromatic heterocycles. The second-order valence-corrected chi connectivity index (χ2v) is 15.0. The molecule has 6 aliphatic rings. The molecule has 0 bridgehead atoms. The molecule has 2 unspecified atom stereocenters. The minimum Gasteiger partial charge on any atom is -0.515 e. The predicted octanol–water partition coefficient (Wildman–Crippen LogP) is 7.22. The first-order valence-electron chi connectivity index (χ1n) is 16.4. The molecule has 4 aliphatic carbocycles. The van der Waals surface area contributed by atoms with Crippen LogP contribution in [0.1, 0.15) is 95.8 Å². The minimum atomic E-state index is -0.288. The summed E-state index contributed by atoms with van der Waals surface area (Å²) in [5.74, 6) is 2.72. The number of benzene rings is 1. The van der Waals surface area contributed by atoms with E-state index in [1.165, 1.54) is 12.0 Å². The zero-order valence-electron chi connectivity index (χ0n) is 25.7. The van der Waals surface area contributed by atoms with Crippen molar-refractivity contribution in [2.45, 2.75) is 103 Å². The third kappa shape index (κ3) is 4.34. The van der Waals surface area contributed by atoms with E-state index in [0.717, 1.165) is 57.8 Å². The number of piperidine rings is 1. The molecule has 5 fully saturated rings. The number of aliphatic hydroxyl groups excluding tert-OH is 1. The van der Waals surface area contributed by atoms with Gasteiger partial charge in [0.05, 0.1) is 29.6 Å². The van der Waals surface area contributed by atoms with Gasteiger partial charge in [0, 0.05) is 24.5 Å². The summed E-state index contributed by atoms with van der Waals surface area (Å²) in [5, 5.41) is 11.8. The van der Waals surface area contributed by atoms with Crippen molar-refractivity contribution in [2.24, 2.45) is 40.9 Å². The number of hydrogen-bond donors (Lipinski definition) is 1. The number of allylic oxidation sites excluding steroid dienone is 2. The molecule has 2 saturated heterocycles. The lowest BCUT2D eigenvalue weighted by molar-refractivity contribution is -0.182. The van der Waals surface area contributed by atoms with Gasteiger partial charge >= 0.3 is 5.97 Å². The van der Waals surface area contributed by atoms with Crippen LogP contribution in [0.3, 0.4) is 0 Å². The monoisotopic (exact) mass is 573 g/mol. The molecule has 42 heavy (non-hydrogen) atoms. The van der Waals surface area contributed by atoms with Crippen LogP contribution in [0.25, 0.3) is 0 Å². The highest BCUT2D eigenvalue weighted by atomic mass is 16.7. The maximum Gasteiger partial charge on any atom is 0.357 e. The molecule has 6 heteroatoms. The van der Waals surface area contributed by atoms with Crippen molar-refractivity contribution < 1.29 is 24.3 Å². The van der Waals surface area contributed by atoms with Crippen molar-refractivity contribution >= 4 is 11.8 Å². The molecule has 1 spiro atoms. The van der Waals surface area contributed by atoms with Crippen LogP contribution in [-0.2, 0) is 14.4 Å². The number of rotatable bonds is 2. The summed E-state index contributed by atoms with van der Waals surface area (Å²) in [6, 6.07) is 9.36. The van der Waals surface area contributed by atoms with Crippen LogP contribution in [-0.4, -0.2) is 46.2 Å². The van der Waals surface area contributed by atoms with Gasteiger partial charge in [0.2, 0.25) is 0 Å². The van der Waals surface area contributed by atoms with E-state index >= 15 is 0 Å². The van der Waals surface area contributed by atoms with Gasteiger partial charge < -0.3 is 14.7 Å². The third-order valence-corrected chi connectivity index (χ3v) is 12.8. The first-order valence-corrected chi connectivity index (χ1v) is 16.4. The molecule has 2 aliphatic heterocycles. The second kappa shape index (κ2) is 10.3. The van der Waals surface area contributed by atoms with E-state index in [9.17, 15) is 14.7 Å². The zero-order valence-corrected chi connectivity index (χ0v) is 25.7. The molecular weight excluding hydrogens is 526 g/mol. The molecule has 1 aromatic rings. The molecule has 3 saturated carbocycles. The van der Waals surface area contributed by atoms with E-state index in [-0.39, 0.29) is 40.8 Å². The van der Waals surface area contributed by atoms with Gasteiger partial charge in [-0.2, -0.15) is 0 Å². The van der Waals surface area contributed by atoms with Gasteiger partial charge in [-0.25, -0.2) is 4.79 Å². The van der Waals surface area contributed by atoms with Crippen LogP contribution in [0.15, 0.2) is 53.3 Å². The Balaban J connectivity index is 1.14. The number of carbonyl (C=O) groups excluding carboxylic acids is 2. The molecule has 1 aromatic carbocycles.